The van der Waals surface area contributed by atoms with Crippen LogP contribution in [0.15, 0.2) is 22.7 Å². The Balaban J connectivity index is 2.84. The summed E-state index contributed by atoms with van der Waals surface area (Å²) in [7, 11) is 3.28. The predicted octanol–water partition coefficient (Wildman–Crippen LogP) is 2.05. The molecule has 0 aliphatic carbocycles. The Morgan fingerprint density at radius 2 is 2.00 bits per heavy atom. The lowest BCUT2D eigenvalue weighted by molar-refractivity contribution is -0.127. The largest absolute Gasteiger partial charge is 0.490 e. The van der Waals surface area contributed by atoms with E-state index in [4.69, 9.17) is 4.74 Å². The van der Waals surface area contributed by atoms with Gasteiger partial charge in [-0.15, -0.1) is 0 Å². The highest BCUT2D eigenvalue weighted by Crippen LogP contribution is 2.24. The maximum atomic E-state index is 12.1. The number of amides is 2. The molecule has 2 amide bonds. The van der Waals surface area contributed by atoms with E-state index in [9.17, 15) is 9.59 Å². The molecular formula is C14H19BrN2O3. The number of carbonyl (C=O) groups excluding carboxylic acids is 2. The molecule has 20 heavy (non-hydrogen) atoms. The molecule has 0 radical (unpaired) electrons. The minimum absolute atomic E-state index is 0.0387. The van der Waals surface area contributed by atoms with E-state index < -0.39 is 0 Å². The second-order valence-corrected chi connectivity index (χ2v) is 5.69. The van der Waals surface area contributed by atoms with Crippen molar-refractivity contribution in [3.05, 3.63) is 28.2 Å². The Morgan fingerprint density at radius 3 is 2.55 bits per heavy atom. The predicted molar refractivity (Wildman–Crippen MR) is 80.9 cm³/mol. The summed E-state index contributed by atoms with van der Waals surface area (Å²) in [5.41, 5.74) is 0.411. The maximum absolute atomic E-state index is 12.1. The van der Waals surface area contributed by atoms with Crippen LogP contribution in [0.2, 0.25) is 0 Å². The number of rotatable bonds is 5. The molecule has 1 rings (SSSR count). The first-order valence-electron chi connectivity index (χ1n) is 6.25. The minimum Gasteiger partial charge on any atom is -0.490 e. The van der Waals surface area contributed by atoms with Gasteiger partial charge in [0.25, 0.3) is 5.91 Å². The Labute approximate surface area is 127 Å². The molecule has 0 saturated carbocycles. The molecule has 6 heteroatoms. The lowest BCUT2D eigenvalue weighted by Crippen LogP contribution is -2.36. The van der Waals surface area contributed by atoms with Gasteiger partial charge in [0.05, 0.1) is 18.2 Å². The highest BCUT2D eigenvalue weighted by molar-refractivity contribution is 9.10. The minimum atomic E-state index is -0.330. The number of ether oxygens (including phenoxy) is 1. The molecular weight excluding hydrogens is 324 g/mol. The summed E-state index contributed by atoms with van der Waals surface area (Å²) in [5.74, 6) is -0.00526. The van der Waals surface area contributed by atoms with Crippen LogP contribution in [-0.2, 0) is 4.79 Å². The molecule has 1 aromatic rings. The monoisotopic (exact) mass is 342 g/mol. The van der Waals surface area contributed by atoms with Gasteiger partial charge < -0.3 is 15.0 Å². The first-order valence-corrected chi connectivity index (χ1v) is 7.05. The first-order chi connectivity index (χ1) is 9.31. The number of nitrogens with one attached hydrogen (secondary N) is 1. The molecule has 1 N–H and O–H groups in total. The summed E-state index contributed by atoms with van der Waals surface area (Å²) in [6, 6.07) is 5.16. The average molecular weight is 343 g/mol. The normalized spacial score (nSPS) is 10.3. The van der Waals surface area contributed by atoms with Crippen LogP contribution in [0.4, 0.5) is 0 Å². The van der Waals surface area contributed by atoms with Crippen molar-refractivity contribution in [2.24, 2.45) is 0 Å². The fourth-order valence-electron chi connectivity index (χ4n) is 1.44. The third-order valence-corrected chi connectivity index (χ3v) is 2.94. The van der Waals surface area contributed by atoms with Crippen molar-refractivity contribution in [2.75, 3.05) is 20.6 Å². The van der Waals surface area contributed by atoms with E-state index in [0.717, 1.165) is 4.47 Å². The van der Waals surface area contributed by atoms with Crippen molar-refractivity contribution < 1.29 is 14.3 Å². The second-order valence-electron chi connectivity index (χ2n) is 4.78. The average Bonchev–Trinajstić information content (AvgIpc) is 2.34. The summed E-state index contributed by atoms with van der Waals surface area (Å²) in [6.45, 7) is 3.74. The van der Waals surface area contributed by atoms with E-state index >= 15 is 0 Å². The van der Waals surface area contributed by atoms with Gasteiger partial charge in [-0.3, -0.25) is 9.59 Å². The molecule has 5 nitrogen and oxygen atoms in total. The van der Waals surface area contributed by atoms with Crippen molar-refractivity contribution in [1.29, 1.82) is 0 Å². The van der Waals surface area contributed by atoms with Crippen LogP contribution < -0.4 is 10.1 Å². The van der Waals surface area contributed by atoms with Gasteiger partial charge in [0.15, 0.2) is 0 Å². The van der Waals surface area contributed by atoms with Crippen LogP contribution in [0.3, 0.4) is 0 Å². The number of hydrogen-bond acceptors (Lipinski definition) is 3. The Morgan fingerprint density at radius 1 is 1.35 bits per heavy atom. The zero-order valence-corrected chi connectivity index (χ0v) is 13.7. The number of carbonyl (C=O) groups is 2. The van der Waals surface area contributed by atoms with Crippen molar-refractivity contribution >= 4 is 27.7 Å². The van der Waals surface area contributed by atoms with Gasteiger partial charge in [0, 0.05) is 18.6 Å². The molecule has 0 aromatic heterocycles. The van der Waals surface area contributed by atoms with Crippen molar-refractivity contribution in [2.45, 2.75) is 20.0 Å². The number of likely N-dealkylation sites (N-methyl/N-ethyl adjacent to an activating group) is 1. The number of nitrogens with zero attached hydrogens (tertiary/aromatic N) is 1. The molecule has 1 aromatic carbocycles. The fourth-order valence-corrected chi connectivity index (χ4v) is 1.78. The zero-order chi connectivity index (χ0) is 15.3. The smallest absolute Gasteiger partial charge is 0.255 e. The van der Waals surface area contributed by atoms with Gasteiger partial charge in [-0.2, -0.15) is 0 Å². The van der Waals surface area contributed by atoms with Crippen LogP contribution in [-0.4, -0.2) is 43.5 Å². The number of hydrogen-bond donors (Lipinski definition) is 1. The Bertz CT molecular complexity index is 501. The molecule has 0 saturated heterocycles. The van der Waals surface area contributed by atoms with Gasteiger partial charge in [-0.1, -0.05) is 15.9 Å². The molecule has 0 heterocycles. The van der Waals surface area contributed by atoms with Crippen LogP contribution in [0.1, 0.15) is 24.2 Å². The van der Waals surface area contributed by atoms with E-state index in [1.807, 2.05) is 13.8 Å². The van der Waals surface area contributed by atoms with Crippen molar-refractivity contribution in [1.82, 2.24) is 10.2 Å². The van der Waals surface area contributed by atoms with E-state index in [1.54, 1.807) is 32.3 Å². The third-order valence-electron chi connectivity index (χ3n) is 2.45. The topological polar surface area (TPSA) is 58.6 Å². The standard InChI is InChI=1S/C14H19BrN2O3/c1-9(2)20-12-7-10(15)5-6-11(12)14(19)16-8-13(18)17(3)4/h5-7,9H,8H2,1-4H3,(H,16,19). The van der Waals surface area contributed by atoms with E-state index in [-0.39, 0.29) is 24.5 Å². The van der Waals surface area contributed by atoms with Crippen molar-refractivity contribution in [3.8, 4) is 5.75 Å². The van der Waals surface area contributed by atoms with Crippen molar-refractivity contribution in [3.63, 3.8) is 0 Å². The molecule has 0 bridgehead atoms. The van der Waals surface area contributed by atoms with Gasteiger partial charge >= 0.3 is 0 Å². The number of benzene rings is 1. The SMILES string of the molecule is CC(C)Oc1cc(Br)ccc1C(=O)NCC(=O)N(C)C. The zero-order valence-electron chi connectivity index (χ0n) is 12.1. The van der Waals surface area contributed by atoms with Gasteiger partial charge in [-0.25, -0.2) is 0 Å². The third kappa shape index (κ3) is 4.85. The molecule has 0 aliphatic heterocycles. The highest BCUT2D eigenvalue weighted by Gasteiger charge is 2.15. The highest BCUT2D eigenvalue weighted by atomic mass is 79.9. The molecule has 0 fully saturated rings. The first kappa shape index (κ1) is 16.5. The van der Waals surface area contributed by atoms with Crippen LogP contribution in [0.25, 0.3) is 0 Å². The van der Waals surface area contributed by atoms with Crippen LogP contribution >= 0.6 is 15.9 Å². The van der Waals surface area contributed by atoms with Gasteiger partial charge in [0.2, 0.25) is 5.91 Å². The summed E-state index contributed by atoms with van der Waals surface area (Å²) in [5, 5.41) is 2.59. The van der Waals surface area contributed by atoms with Gasteiger partial charge in [-0.05, 0) is 32.0 Å². The van der Waals surface area contributed by atoms with Crippen LogP contribution in [0, 0.1) is 0 Å². The molecule has 0 spiro atoms. The Hall–Kier alpha value is -1.56. The summed E-state index contributed by atoms with van der Waals surface area (Å²) >= 11 is 3.34. The van der Waals surface area contributed by atoms with E-state index in [0.29, 0.717) is 11.3 Å². The maximum Gasteiger partial charge on any atom is 0.255 e. The lowest BCUT2D eigenvalue weighted by atomic mass is 10.2. The summed E-state index contributed by atoms with van der Waals surface area (Å²) in [6.07, 6.45) is -0.0424. The fraction of sp³-hybridized carbons (Fsp3) is 0.429. The van der Waals surface area contributed by atoms with Gasteiger partial charge in [0.1, 0.15) is 5.75 Å². The molecule has 0 aliphatic rings. The van der Waals surface area contributed by atoms with E-state index in [2.05, 4.69) is 21.2 Å². The Kier molecular flexibility index (Phi) is 6.01. The lowest BCUT2D eigenvalue weighted by Gasteiger charge is -2.15. The second kappa shape index (κ2) is 7.28. The number of halogens is 1. The van der Waals surface area contributed by atoms with Crippen LogP contribution in [0.5, 0.6) is 5.75 Å². The summed E-state index contributed by atoms with van der Waals surface area (Å²) in [4.78, 5) is 25.0. The van der Waals surface area contributed by atoms with E-state index in [1.165, 1.54) is 4.90 Å². The quantitative estimate of drug-likeness (QED) is 0.890. The molecule has 0 unspecified atom stereocenters. The summed E-state index contributed by atoms with van der Waals surface area (Å²) < 4.78 is 6.44. The molecule has 110 valence electrons. The molecule has 0 atom stereocenters.